The van der Waals surface area contributed by atoms with E-state index in [0.717, 1.165) is 0 Å². The minimum Gasteiger partial charge on any atom is -0.399 e. The molecule has 0 N–H and O–H groups in total. The van der Waals surface area contributed by atoms with E-state index in [-0.39, 0.29) is 18.3 Å². The van der Waals surface area contributed by atoms with Gasteiger partial charge in [-0.15, -0.1) is 0 Å². The quantitative estimate of drug-likeness (QED) is 0.482. The Morgan fingerprint density at radius 3 is 1.88 bits per heavy atom. The van der Waals surface area contributed by atoms with Crippen LogP contribution in [0.2, 0.25) is 0 Å². The van der Waals surface area contributed by atoms with Gasteiger partial charge >= 0.3 is 7.12 Å². The molecule has 174 valence electrons. The van der Waals surface area contributed by atoms with E-state index in [1.165, 1.54) is 79.9 Å². The van der Waals surface area contributed by atoms with Gasteiger partial charge in [-0.3, -0.25) is 0 Å². The summed E-state index contributed by atoms with van der Waals surface area (Å²) in [5.41, 5.74) is 8.94. The van der Waals surface area contributed by atoms with Crippen molar-refractivity contribution in [3.05, 3.63) is 53.1 Å². The monoisotopic (exact) mass is 442 g/mol. The lowest BCUT2D eigenvalue weighted by atomic mass is 9.54. The molecule has 0 aromatic heterocycles. The highest BCUT2D eigenvalue weighted by Crippen LogP contribution is 2.69. The van der Waals surface area contributed by atoms with Crippen LogP contribution in [0.15, 0.2) is 36.4 Å². The summed E-state index contributed by atoms with van der Waals surface area (Å²) in [6.07, 6.45) is 11.8. The standard InChI is InChI=1S/C30H39BO2/c1-6-7-10-21-11-13-23-24-14-12-22(31-32-27(2,3)28(4,5)33-31)20-26(24)30-17-8-15-29(30,16-9-18-30)25(23)19-21/h11-14,19-20H,6-10,15-18H2,1-5H3/t29-,30+. The van der Waals surface area contributed by atoms with Crippen LogP contribution in [-0.4, -0.2) is 18.3 Å². The summed E-state index contributed by atoms with van der Waals surface area (Å²) < 4.78 is 12.9. The molecule has 2 nitrogen and oxygen atoms in total. The highest BCUT2D eigenvalue weighted by atomic mass is 16.7. The third-order valence-electron chi connectivity index (χ3n) is 10.1. The maximum atomic E-state index is 6.46. The lowest BCUT2D eigenvalue weighted by molar-refractivity contribution is 0.00578. The van der Waals surface area contributed by atoms with Crippen LogP contribution in [0.5, 0.6) is 0 Å². The number of rotatable bonds is 4. The van der Waals surface area contributed by atoms with Gasteiger partial charge in [0.15, 0.2) is 0 Å². The van der Waals surface area contributed by atoms with E-state index < -0.39 is 0 Å². The van der Waals surface area contributed by atoms with Crippen LogP contribution < -0.4 is 5.46 Å². The van der Waals surface area contributed by atoms with Crippen molar-refractivity contribution in [2.24, 2.45) is 0 Å². The number of fused-ring (bicyclic) bond motifs is 3. The summed E-state index contributed by atoms with van der Waals surface area (Å²) in [5, 5.41) is 0. The summed E-state index contributed by atoms with van der Waals surface area (Å²) >= 11 is 0. The van der Waals surface area contributed by atoms with Gasteiger partial charge in [-0.05, 0) is 99.5 Å². The molecule has 3 aliphatic carbocycles. The molecule has 1 aliphatic heterocycles. The van der Waals surface area contributed by atoms with Gasteiger partial charge in [-0.2, -0.15) is 0 Å². The molecular formula is C30H39BO2. The summed E-state index contributed by atoms with van der Waals surface area (Å²) in [5.74, 6) is 0. The van der Waals surface area contributed by atoms with Crippen LogP contribution in [0.3, 0.4) is 0 Å². The summed E-state index contributed by atoms with van der Waals surface area (Å²) in [7, 11) is -0.285. The first-order valence-corrected chi connectivity index (χ1v) is 13.4. The van der Waals surface area contributed by atoms with Crippen molar-refractivity contribution in [1.82, 2.24) is 0 Å². The van der Waals surface area contributed by atoms with Crippen molar-refractivity contribution in [3.8, 4) is 11.1 Å². The molecule has 4 aliphatic rings. The minimum atomic E-state index is -0.308. The fourth-order valence-corrected chi connectivity index (χ4v) is 7.72. The molecule has 0 atom stereocenters. The summed E-state index contributed by atoms with van der Waals surface area (Å²) in [6.45, 7) is 10.9. The molecule has 2 saturated carbocycles. The van der Waals surface area contributed by atoms with Gasteiger partial charge < -0.3 is 9.31 Å². The Morgan fingerprint density at radius 2 is 1.30 bits per heavy atom. The normalized spacial score (nSPS) is 30.6. The average molecular weight is 442 g/mol. The Labute approximate surface area is 200 Å². The van der Waals surface area contributed by atoms with Crippen molar-refractivity contribution in [2.75, 3.05) is 0 Å². The van der Waals surface area contributed by atoms with Gasteiger partial charge in [0.1, 0.15) is 0 Å². The first kappa shape index (κ1) is 21.9. The van der Waals surface area contributed by atoms with E-state index in [4.69, 9.17) is 9.31 Å². The predicted octanol–water partition coefficient (Wildman–Crippen LogP) is 6.85. The zero-order chi connectivity index (χ0) is 23.1. The number of hydrogen-bond acceptors (Lipinski definition) is 2. The molecule has 1 saturated heterocycles. The number of unbranched alkanes of at least 4 members (excludes halogenated alkanes) is 1. The van der Waals surface area contributed by atoms with Crippen LogP contribution in [0.25, 0.3) is 11.1 Å². The Kier molecular flexibility index (Phi) is 4.79. The third-order valence-corrected chi connectivity index (χ3v) is 10.1. The summed E-state index contributed by atoms with van der Waals surface area (Å²) in [4.78, 5) is 0. The molecule has 2 aromatic rings. The Balaban J connectivity index is 1.50. The van der Waals surface area contributed by atoms with Crippen molar-refractivity contribution in [2.45, 2.75) is 114 Å². The van der Waals surface area contributed by atoms with E-state index in [0.29, 0.717) is 10.8 Å². The minimum absolute atomic E-state index is 0.285. The zero-order valence-corrected chi connectivity index (χ0v) is 21.2. The number of hydrogen-bond donors (Lipinski definition) is 0. The molecule has 0 amide bonds. The van der Waals surface area contributed by atoms with Gasteiger partial charge in [-0.1, -0.05) is 62.6 Å². The Morgan fingerprint density at radius 1 is 0.758 bits per heavy atom. The molecule has 0 unspecified atom stereocenters. The van der Waals surface area contributed by atoms with Crippen LogP contribution in [0, 0.1) is 0 Å². The fourth-order valence-electron chi connectivity index (χ4n) is 7.72. The highest BCUT2D eigenvalue weighted by molar-refractivity contribution is 6.62. The van der Waals surface area contributed by atoms with Gasteiger partial charge in [0.2, 0.25) is 0 Å². The van der Waals surface area contributed by atoms with E-state index >= 15 is 0 Å². The third kappa shape index (κ3) is 2.88. The smallest absolute Gasteiger partial charge is 0.399 e. The van der Waals surface area contributed by atoms with Gasteiger partial charge in [0.25, 0.3) is 0 Å². The molecule has 33 heavy (non-hydrogen) atoms. The van der Waals surface area contributed by atoms with Crippen molar-refractivity contribution in [3.63, 3.8) is 0 Å². The first-order chi connectivity index (χ1) is 15.7. The highest BCUT2D eigenvalue weighted by Gasteiger charge is 2.62. The first-order valence-electron chi connectivity index (χ1n) is 13.4. The van der Waals surface area contributed by atoms with E-state index in [9.17, 15) is 0 Å². The largest absolute Gasteiger partial charge is 0.494 e. The van der Waals surface area contributed by atoms with Gasteiger partial charge in [-0.25, -0.2) is 0 Å². The molecule has 3 heteroatoms. The second-order valence-corrected chi connectivity index (χ2v) is 12.2. The number of benzene rings is 2. The molecule has 1 heterocycles. The fraction of sp³-hybridized carbons (Fsp3) is 0.600. The Bertz CT molecular complexity index is 1070. The molecule has 3 fully saturated rings. The number of aryl methyl sites for hydroxylation is 1. The SMILES string of the molecule is CCCCc1ccc2c(c1)[C@]13CCC[C@]1(CCC3)c1cc(B3OC(C)(C)C(C)(C)O3)ccc1-2. The van der Waals surface area contributed by atoms with Crippen molar-refractivity contribution >= 4 is 12.6 Å². The van der Waals surface area contributed by atoms with Crippen LogP contribution in [-0.2, 0) is 26.6 Å². The second-order valence-electron chi connectivity index (χ2n) is 12.2. The maximum Gasteiger partial charge on any atom is 0.494 e. The van der Waals surface area contributed by atoms with E-state index in [2.05, 4.69) is 71.0 Å². The van der Waals surface area contributed by atoms with Gasteiger partial charge in [0.05, 0.1) is 11.2 Å². The van der Waals surface area contributed by atoms with Crippen LogP contribution >= 0.6 is 0 Å². The average Bonchev–Trinajstić information content (AvgIpc) is 3.40. The summed E-state index contributed by atoms with van der Waals surface area (Å²) in [6, 6.07) is 14.6. The van der Waals surface area contributed by atoms with Gasteiger partial charge in [0, 0.05) is 10.8 Å². The Hall–Kier alpha value is -1.58. The lowest BCUT2D eigenvalue weighted by Gasteiger charge is -2.48. The molecule has 0 radical (unpaired) electrons. The van der Waals surface area contributed by atoms with E-state index in [1.54, 1.807) is 11.1 Å². The van der Waals surface area contributed by atoms with Crippen LogP contribution in [0.1, 0.15) is 103 Å². The molecule has 0 spiro atoms. The maximum absolute atomic E-state index is 6.46. The van der Waals surface area contributed by atoms with E-state index in [1.807, 2.05) is 0 Å². The molecule has 2 aromatic carbocycles. The predicted molar refractivity (Wildman–Crippen MR) is 137 cm³/mol. The second kappa shape index (κ2) is 7.21. The van der Waals surface area contributed by atoms with Crippen molar-refractivity contribution in [1.29, 1.82) is 0 Å². The van der Waals surface area contributed by atoms with Crippen LogP contribution in [0.4, 0.5) is 0 Å². The topological polar surface area (TPSA) is 18.5 Å². The zero-order valence-electron chi connectivity index (χ0n) is 21.2. The molecular weight excluding hydrogens is 403 g/mol. The van der Waals surface area contributed by atoms with Crippen molar-refractivity contribution < 1.29 is 9.31 Å². The molecule has 6 rings (SSSR count). The lowest BCUT2D eigenvalue weighted by Crippen LogP contribution is -2.45. The molecule has 0 bridgehead atoms.